The Morgan fingerprint density at radius 1 is 1.80 bits per heavy atom. The molecule has 1 fully saturated rings. The van der Waals surface area contributed by atoms with E-state index in [1.54, 1.807) is 0 Å². The molecule has 84 valence electrons. The number of ether oxygens (including phenoxy) is 2. The second-order valence-corrected chi connectivity index (χ2v) is 4.43. The molecule has 5 nitrogen and oxygen atoms in total. The highest BCUT2D eigenvalue weighted by atomic mass is 32.2. The van der Waals surface area contributed by atoms with Crippen molar-refractivity contribution in [3.05, 3.63) is 0 Å². The van der Waals surface area contributed by atoms with Gasteiger partial charge in [0.05, 0.1) is 6.04 Å². The zero-order chi connectivity index (χ0) is 10.7. The number of carbonyl (C=O) groups excluding carboxylic acids is 1. The summed E-state index contributed by atoms with van der Waals surface area (Å²) in [5.74, 6) is 0. The van der Waals surface area contributed by atoms with Crippen molar-refractivity contribution in [2.75, 3.05) is 13.2 Å². The number of alkyl carbamates (subject to hydrolysis) is 1. The zero-order valence-electron chi connectivity index (χ0n) is 8.56. The maximum atomic E-state index is 11.1. The van der Waals surface area contributed by atoms with Crippen LogP contribution in [0.25, 0.3) is 0 Å². The Bertz CT molecular complexity index is 283. The number of hydrogen-bond acceptors (Lipinski definition) is 5. The smallest absolute Gasteiger partial charge is 0.385 e. The lowest BCUT2D eigenvalue weighted by Gasteiger charge is -2.22. The summed E-state index contributed by atoms with van der Waals surface area (Å²) in [5, 5.41) is 2.99. The van der Waals surface area contributed by atoms with E-state index in [1.165, 1.54) is 11.8 Å². The highest BCUT2D eigenvalue weighted by Gasteiger charge is 2.35. The van der Waals surface area contributed by atoms with Crippen molar-refractivity contribution in [1.82, 2.24) is 5.32 Å². The van der Waals surface area contributed by atoms with Gasteiger partial charge in [0.2, 0.25) is 0 Å². The average molecular weight is 230 g/mol. The van der Waals surface area contributed by atoms with Crippen LogP contribution >= 0.6 is 11.8 Å². The van der Waals surface area contributed by atoms with Crippen LogP contribution in [-0.2, 0) is 9.47 Å². The van der Waals surface area contributed by atoms with E-state index in [1.807, 2.05) is 6.92 Å². The molecule has 2 aliphatic rings. The lowest BCUT2D eigenvalue weighted by Crippen LogP contribution is -2.27. The number of nitrogens with zero attached hydrogens (tertiary/aromatic N) is 1. The van der Waals surface area contributed by atoms with Crippen molar-refractivity contribution in [3.8, 4) is 0 Å². The first-order valence-corrected chi connectivity index (χ1v) is 5.99. The fourth-order valence-corrected chi connectivity index (χ4v) is 2.59. The van der Waals surface area contributed by atoms with Gasteiger partial charge in [-0.2, -0.15) is 0 Å². The Balaban J connectivity index is 1.86. The Labute approximate surface area is 92.6 Å². The van der Waals surface area contributed by atoms with Crippen molar-refractivity contribution in [3.63, 3.8) is 0 Å². The van der Waals surface area contributed by atoms with E-state index >= 15 is 0 Å². The molecule has 2 aliphatic heterocycles. The van der Waals surface area contributed by atoms with E-state index in [0.717, 1.165) is 19.4 Å². The van der Waals surface area contributed by atoms with E-state index in [-0.39, 0.29) is 11.5 Å². The number of fused-ring (bicyclic) bond motifs is 1. The van der Waals surface area contributed by atoms with Crippen molar-refractivity contribution >= 4 is 23.1 Å². The molecule has 2 heterocycles. The molecular weight excluding hydrogens is 216 g/mol. The van der Waals surface area contributed by atoms with Crippen LogP contribution in [0.3, 0.4) is 0 Å². The summed E-state index contributed by atoms with van der Waals surface area (Å²) in [7, 11) is 0. The number of hydrogen-bond donors (Lipinski definition) is 1. The van der Waals surface area contributed by atoms with Crippen LogP contribution in [0.15, 0.2) is 4.99 Å². The molecule has 0 saturated carbocycles. The van der Waals surface area contributed by atoms with E-state index in [2.05, 4.69) is 10.3 Å². The van der Waals surface area contributed by atoms with Gasteiger partial charge in [0.15, 0.2) is 0 Å². The number of thioether (sulfide) groups is 1. The molecule has 15 heavy (non-hydrogen) atoms. The predicted octanol–water partition coefficient (Wildman–Crippen LogP) is 1.34. The first kappa shape index (κ1) is 10.8. The number of amides is 1. The molecular formula is C9H14N2O3S. The maximum absolute atomic E-state index is 11.1. The Morgan fingerprint density at radius 2 is 2.67 bits per heavy atom. The third kappa shape index (κ3) is 2.63. The monoisotopic (exact) mass is 230 g/mol. The summed E-state index contributed by atoms with van der Waals surface area (Å²) in [6.07, 6.45) is 1.60. The van der Waals surface area contributed by atoms with Gasteiger partial charge in [0.1, 0.15) is 5.44 Å². The molecule has 0 aliphatic carbocycles. The first-order valence-electron chi connectivity index (χ1n) is 5.11. The Morgan fingerprint density at radius 3 is 3.40 bits per heavy atom. The molecule has 1 N–H and O–H groups in total. The van der Waals surface area contributed by atoms with E-state index in [4.69, 9.17) is 9.47 Å². The molecule has 0 aromatic rings. The standard InChI is InChI=1S/C9H14N2O3S/c1-2-10-8(12)14-9-11-6-4-3-5-13-7(6)15-9/h6-7H,2-5H2,1H3,(H,10,12). The Kier molecular flexibility index (Phi) is 3.48. The molecule has 1 amide bonds. The van der Waals surface area contributed by atoms with Crippen LogP contribution in [0.2, 0.25) is 0 Å². The topological polar surface area (TPSA) is 59.9 Å². The third-order valence-electron chi connectivity index (χ3n) is 2.23. The quantitative estimate of drug-likeness (QED) is 0.738. The van der Waals surface area contributed by atoms with Crippen molar-refractivity contribution < 1.29 is 14.3 Å². The van der Waals surface area contributed by atoms with Gasteiger partial charge in [0, 0.05) is 13.2 Å². The highest BCUT2D eigenvalue weighted by Crippen LogP contribution is 2.33. The molecule has 0 aromatic carbocycles. The summed E-state index contributed by atoms with van der Waals surface area (Å²) >= 11 is 1.39. The summed E-state index contributed by atoms with van der Waals surface area (Å²) in [4.78, 5) is 15.4. The van der Waals surface area contributed by atoms with Gasteiger partial charge in [-0.05, 0) is 31.5 Å². The van der Waals surface area contributed by atoms with Crippen LogP contribution in [0.4, 0.5) is 4.79 Å². The summed E-state index contributed by atoms with van der Waals surface area (Å²) < 4.78 is 10.5. The molecule has 2 atom stereocenters. The zero-order valence-corrected chi connectivity index (χ0v) is 9.38. The van der Waals surface area contributed by atoms with Crippen LogP contribution in [0.5, 0.6) is 0 Å². The summed E-state index contributed by atoms with van der Waals surface area (Å²) in [6.45, 7) is 3.17. The van der Waals surface area contributed by atoms with Gasteiger partial charge in [-0.3, -0.25) is 0 Å². The van der Waals surface area contributed by atoms with Crippen LogP contribution in [-0.4, -0.2) is 36.0 Å². The summed E-state index contributed by atoms with van der Waals surface area (Å²) in [6, 6.07) is 0.160. The van der Waals surface area contributed by atoms with Crippen LogP contribution in [0, 0.1) is 0 Å². The highest BCUT2D eigenvalue weighted by molar-refractivity contribution is 8.14. The van der Waals surface area contributed by atoms with Gasteiger partial charge in [-0.1, -0.05) is 0 Å². The second kappa shape index (κ2) is 4.85. The SMILES string of the molecule is CCNC(=O)OC1=NC2CCCOC2S1. The van der Waals surface area contributed by atoms with Crippen molar-refractivity contribution in [1.29, 1.82) is 0 Å². The second-order valence-electron chi connectivity index (χ2n) is 3.38. The minimum absolute atomic E-state index is 0.0446. The fraction of sp³-hybridized carbons (Fsp3) is 0.778. The number of nitrogens with one attached hydrogen (secondary N) is 1. The van der Waals surface area contributed by atoms with Gasteiger partial charge in [-0.25, -0.2) is 9.79 Å². The average Bonchev–Trinajstić information content (AvgIpc) is 2.59. The Hall–Kier alpha value is -0.750. The van der Waals surface area contributed by atoms with Gasteiger partial charge >= 0.3 is 6.09 Å². The number of carbonyl (C=O) groups is 1. The van der Waals surface area contributed by atoms with Crippen molar-refractivity contribution in [2.45, 2.75) is 31.2 Å². The molecule has 0 radical (unpaired) electrons. The molecule has 2 unspecified atom stereocenters. The number of aliphatic imine (C=N–C) groups is 1. The molecule has 1 saturated heterocycles. The minimum Gasteiger partial charge on any atom is -0.385 e. The molecule has 2 rings (SSSR count). The van der Waals surface area contributed by atoms with Gasteiger partial charge < -0.3 is 14.8 Å². The molecule has 0 bridgehead atoms. The minimum atomic E-state index is -0.442. The lowest BCUT2D eigenvalue weighted by atomic mass is 10.1. The first-order chi connectivity index (χ1) is 7.29. The largest absolute Gasteiger partial charge is 0.414 e. The van der Waals surface area contributed by atoms with Gasteiger partial charge in [-0.15, -0.1) is 0 Å². The van der Waals surface area contributed by atoms with E-state index in [9.17, 15) is 4.79 Å². The molecule has 6 heteroatoms. The predicted molar refractivity (Wildman–Crippen MR) is 57.9 cm³/mol. The molecule has 0 aromatic heterocycles. The molecule has 0 spiro atoms. The normalized spacial score (nSPS) is 29.3. The van der Waals surface area contributed by atoms with E-state index < -0.39 is 6.09 Å². The van der Waals surface area contributed by atoms with Gasteiger partial charge in [0.25, 0.3) is 5.23 Å². The lowest BCUT2D eigenvalue weighted by molar-refractivity contribution is 0.0614. The fourth-order valence-electron chi connectivity index (χ4n) is 1.55. The van der Waals surface area contributed by atoms with Crippen LogP contribution in [0.1, 0.15) is 19.8 Å². The van der Waals surface area contributed by atoms with Crippen LogP contribution < -0.4 is 5.32 Å². The summed E-state index contributed by atoms with van der Waals surface area (Å²) in [5.41, 5.74) is 0.0446. The van der Waals surface area contributed by atoms with E-state index in [0.29, 0.717) is 11.8 Å². The van der Waals surface area contributed by atoms with Crippen molar-refractivity contribution in [2.24, 2.45) is 4.99 Å². The third-order valence-corrected chi connectivity index (χ3v) is 3.30. The number of rotatable bonds is 1. The maximum Gasteiger partial charge on any atom is 0.414 e.